The molecule has 0 amide bonds. The Labute approximate surface area is 97.3 Å². The molecule has 0 spiro atoms. The Hall–Kier alpha value is -1.54. The van der Waals surface area contributed by atoms with E-state index in [9.17, 15) is 9.90 Å². The van der Waals surface area contributed by atoms with Crippen LogP contribution in [0.2, 0.25) is 0 Å². The summed E-state index contributed by atoms with van der Waals surface area (Å²) < 4.78 is 0. The number of nitriles is 1. The number of nitrogens with zero attached hydrogens (tertiary/aromatic N) is 1. The molecular formula is C11H10N2O2S. The van der Waals surface area contributed by atoms with Gasteiger partial charge in [0, 0.05) is 17.7 Å². The SMILES string of the molecule is N#Cc1cc2c([nH+]c1SCC(=O)[O-])CCC2. The van der Waals surface area contributed by atoms with E-state index in [0.29, 0.717) is 10.6 Å². The second-order valence-corrected chi connectivity index (χ2v) is 4.63. The average molecular weight is 234 g/mol. The van der Waals surface area contributed by atoms with Crippen molar-refractivity contribution in [3.63, 3.8) is 0 Å². The maximum atomic E-state index is 10.4. The van der Waals surface area contributed by atoms with E-state index >= 15 is 0 Å². The van der Waals surface area contributed by atoms with Crippen molar-refractivity contribution in [3.05, 3.63) is 22.9 Å². The monoisotopic (exact) mass is 234 g/mol. The molecule has 2 rings (SSSR count). The standard InChI is InChI=1S/C11H10N2O2S/c12-5-8-4-7-2-1-3-9(7)13-11(8)16-6-10(14)15/h4H,1-3,6H2,(H,14,15). The third kappa shape index (κ3) is 2.17. The van der Waals surface area contributed by atoms with Crippen molar-refractivity contribution in [2.75, 3.05) is 5.75 Å². The predicted molar refractivity (Wildman–Crippen MR) is 55.5 cm³/mol. The van der Waals surface area contributed by atoms with Crippen molar-refractivity contribution in [1.82, 2.24) is 0 Å². The molecule has 16 heavy (non-hydrogen) atoms. The molecule has 0 saturated carbocycles. The topological polar surface area (TPSA) is 78.1 Å². The van der Waals surface area contributed by atoms with Crippen LogP contribution in [0.3, 0.4) is 0 Å². The first kappa shape index (κ1) is 11.0. The highest BCUT2D eigenvalue weighted by Gasteiger charge is 2.22. The number of hydrogen-bond donors (Lipinski definition) is 0. The lowest BCUT2D eigenvalue weighted by atomic mass is 10.2. The fraction of sp³-hybridized carbons (Fsp3) is 0.364. The van der Waals surface area contributed by atoms with Gasteiger partial charge in [0.15, 0.2) is 5.69 Å². The van der Waals surface area contributed by atoms with Gasteiger partial charge in [-0.25, -0.2) is 4.98 Å². The van der Waals surface area contributed by atoms with Gasteiger partial charge in [-0.05, 0) is 30.7 Å². The average Bonchev–Trinajstić information content (AvgIpc) is 2.71. The van der Waals surface area contributed by atoms with Crippen LogP contribution in [-0.2, 0) is 17.6 Å². The number of carbonyl (C=O) groups is 1. The summed E-state index contributed by atoms with van der Waals surface area (Å²) in [6.45, 7) is 0. The second kappa shape index (κ2) is 4.54. The fourth-order valence-corrected chi connectivity index (χ4v) is 2.56. The van der Waals surface area contributed by atoms with Crippen LogP contribution in [0.1, 0.15) is 23.2 Å². The quantitative estimate of drug-likeness (QED) is 0.673. The van der Waals surface area contributed by atoms with E-state index in [4.69, 9.17) is 5.26 Å². The molecule has 1 N–H and O–H groups in total. The van der Waals surface area contributed by atoms with Crippen LogP contribution in [0, 0.1) is 11.3 Å². The molecule has 1 heterocycles. The number of aliphatic carboxylic acids is 1. The van der Waals surface area contributed by atoms with Crippen LogP contribution in [0.25, 0.3) is 0 Å². The number of fused-ring (bicyclic) bond motifs is 1. The summed E-state index contributed by atoms with van der Waals surface area (Å²) >= 11 is 1.11. The van der Waals surface area contributed by atoms with Crippen molar-refractivity contribution in [2.24, 2.45) is 0 Å². The van der Waals surface area contributed by atoms with Gasteiger partial charge >= 0.3 is 0 Å². The largest absolute Gasteiger partial charge is 0.549 e. The lowest BCUT2D eigenvalue weighted by molar-refractivity contribution is -0.437. The van der Waals surface area contributed by atoms with Gasteiger partial charge in [-0.2, -0.15) is 5.26 Å². The minimum Gasteiger partial charge on any atom is -0.549 e. The van der Waals surface area contributed by atoms with Gasteiger partial charge in [-0.3, -0.25) is 0 Å². The van der Waals surface area contributed by atoms with E-state index in [-0.39, 0.29) is 5.75 Å². The Morgan fingerprint density at radius 1 is 1.62 bits per heavy atom. The van der Waals surface area contributed by atoms with Crippen molar-refractivity contribution in [1.29, 1.82) is 5.26 Å². The number of rotatable bonds is 3. The zero-order chi connectivity index (χ0) is 11.5. The first-order valence-electron chi connectivity index (χ1n) is 5.01. The molecule has 0 bridgehead atoms. The van der Waals surface area contributed by atoms with Gasteiger partial charge < -0.3 is 9.90 Å². The number of carboxylic acid groups (broad SMARTS) is 1. The van der Waals surface area contributed by atoms with Crippen LogP contribution in [0.4, 0.5) is 0 Å². The van der Waals surface area contributed by atoms with Gasteiger partial charge in [0.25, 0.3) is 5.03 Å². The molecule has 0 radical (unpaired) electrons. The Balaban J connectivity index is 2.30. The number of aromatic amines is 1. The molecule has 0 aliphatic heterocycles. The van der Waals surface area contributed by atoms with Gasteiger partial charge in [0.05, 0.1) is 5.97 Å². The van der Waals surface area contributed by atoms with E-state index in [0.717, 1.165) is 36.7 Å². The molecule has 1 aliphatic carbocycles. The molecule has 0 aromatic carbocycles. The molecule has 0 unspecified atom stereocenters. The van der Waals surface area contributed by atoms with E-state index in [1.165, 1.54) is 5.56 Å². The number of hydrogen-bond acceptors (Lipinski definition) is 4. The summed E-state index contributed by atoms with van der Waals surface area (Å²) in [6, 6.07) is 3.94. The summed E-state index contributed by atoms with van der Waals surface area (Å²) in [6.07, 6.45) is 3.05. The van der Waals surface area contributed by atoms with Crippen molar-refractivity contribution >= 4 is 17.7 Å². The third-order valence-electron chi connectivity index (χ3n) is 2.54. The number of thioether (sulfide) groups is 1. The fourth-order valence-electron chi connectivity index (χ4n) is 1.84. The van der Waals surface area contributed by atoms with Gasteiger partial charge in [-0.1, -0.05) is 0 Å². The van der Waals surface area contributed by atoms with Gasteiger partial charge in [0.1, 0.15) is 11.6 Å². The van der Waals surface area contributed by atoms with Crippen LogP contribution in [0.5, 0.6) is 0 Å². The van der Waals surface area contributed by atoms with Crippen molar-refractivity contribution in [3.8, 4) is 6.07 Å². The number of carboxylic acids is 1. The third-order valence-corrected chi connectivity index (χ3v) is 3.53. The zero-order valence-corrected chi connectivity index (χ0v) is 9.39. The van der Waals surface area contributed by atoms with Crippen molar-refractivity contribution < 1.29 is 14.9 Å². The number of aryl methyl sites for hydroxylation is 2. The first-order valence-corrected chi connectivity index (χ1v) is 6.00. The highest BCUT2D eigenvalue weighted by Crippen LogP contribution is 2.24. The van der Waals surface area contributed by atoms with E-state index < -0.39 is 5.97 Å². The molecular weight excluding hydrogens is 224 g/mol. The minimum atomic E-state index is -1.12. The van der Waals surface area contributed by atoms with Crippen molar-refractivity contribution in [2.45, 2.75) is 24.3 Å². The summed E-state index contributed by atoms with van der Waals surface area (Å²) in [7, 11) is 0. The van der Waals surface area contributed by atoms with E-state index in [1.807, 2.05) is 6.07 Å². The Kier molecular flexibility index (Phi) is 3.11. The molecule has 5 heteroatoms. The number of H-pyrrole nitrogens is 1. The Morgan fingerprint density at radius 3 is 3.12 bits per heavy atom. The Bertz CT molecular complexity index is 480. The summed E-state index contributed by atoms with van der Waals surface area (Å²) in [5.74, 6) is -1.26. The zero-order valence-electron chi connectivity index (χ0n) is 8.58. The molecule has 1 aromatic rings. The van der Waals surface area contributed by atoms with Crippen LogP contribution in [-0.4, -0.2) is 11.7 Å². The van der Waals surface area contributed by atoms with E-state index in [1.54, 1.807) is 0 Å². The smallest absolute Gasteiger partial charge is 0.256 e. The van der Waals surface area contributed by atoms with Gasteiger partial charge in [-0.15, -0.1) is 0 Å². The molecule has 0 fully saturated rings. The minimum absolute atomic E-state index is 0.135. The number of pyridine rings is 1. The van der Waals surface area contributed by atoms with Crippen LogP contribution >= 0.6 is 11.8 Å². The van der Waals surface area contributed by atoms with Crippen LogP contribution < -0.4 is 10.1 Å². The highest BCUT2D eigenvalue weighted by molar-refractivity contribution is 7.99. The normalized spacial score (nSPS) is 13.2. The first-order chi connectivity index (χ1) is 7.70. The number of carbonyl (C=O) groups excluding carboxylic acids is 1. The number of aromatic nitrogens is 1. The lowest BCUT2D eigenvalue weighted by Crippen LogP contribution is -2.25. The highest BCUT2D eigenvalue weighted by atomic mass is 32.2. The molecule has 0 atom stereocenters. The second-order valence-electron chi connectivity index (χ2n) is 3.64. The lowest BCUT2D eigenvalue weighted by Gasteiger charge is -2.01. The molecule has 82 valence electrons. The molecule has 1 aromatic heterocycles. The Morgan fingerprint density at radius 2 is 2.44 bits per heavy atom. The summed E-state index contributed by atoms with van der Waals surface area (Å²) in [4.78, 5) is 13.5. The van der Waals surface area contributed by atoms with E-state index in [2.05, 4.69) is 11.1 Å². The molecule has 1 aliphatic rings. The number of nitrogens with one attached hydrogen (secondary N) is 1. The maximum Gasteiger partial charge on any atom is 0.256 e. The molecule has 4 nitrogen and oxygen atoms in total. The van der Waals surface area contributed by atoms with Crippen LogP contribution in [0.15, 0.2) is 11.1 Å². The summed E-state index contributed by atoms with van der Waals surface area (Å²) in [5, 5.41) is 20.0. The predicted octanol–water partition coefficient (Wildman–Crippen LogP) is -0.297. The van der Waals surface area contributed by atoms with Gasteiger partial charge in [0.2, 0.25) is 0 Å². The summed E-state index contributed by atoms with van der Waals surface area (Å²) in [5.41, 5.74) is 2.82. The maximum absolute atomic E-state index is 10.4. The molecule has 0 saturated heterocycles.